The van der Waals surface area contributed by atoms with Crippen molar-refractivity contribution in [3.05, 3.63) is 64.7 Å². The molecule has 0 aliphatic carbocycles. The van der Waals surface area contributed by atoms with E-state index >= 15 is 0 Å². The molecule has 0 atom stereocenters. The first-order valence-electron chi connectivity index (χ1n) is 9.68. The lowest BCUT2D eigenvalue weighted by Crippen LogP contribution is -2.20. The van der Waals surface area contributed by atoms with Gasteiger partial charge in [-0.25, -0.2) is 0 Å². The highest BCUT2D eigenvalue weighted by atomic mass is 16.5. The van der Waals surface area contributed by atoms with E-state index in [-0.39, 0.29) is 5.41 Å². The lowest BCUT2D eigenvalue weighted by atomic mass is 9.84. The van der Waals surface area contributed by atoms with Crippen LogP contribution >= 0.6 is 0 Å². The summed E-state index contributed by atoms with van der Waals surface area (Å²) in [5.41, 5.74) is 9.08. The summed E-state index contributed by atoms with van der Waals surface area (Å²) in [6.07, 6.45) is 3.60. The molecule has 0 saturated carbocycles. The minimum atomic E-state index is 0.107. The van der Waals surface area contributed by atoms with Crippen LogP contribution < -0.4 is 9.64 Å². The first kappa shape index (κ1) is 18.5. The summed E-state index contributed by atoms with van der Waals surface area (Å²) in [7, 11) is 0. The Labute approximate surface area is 167 Å². The van der Waals surface area contributed by atoms with E-state index in [2.05, 4.69) is 73.8 Å². The summed E-state index contributed by atoms with van der Waals surface area (Å²) in [6.45, 7) is 15.2. The third-order valence-electron chi connectivity index (χ3n) is 5.25. The summed E-state index contributed by atoms with van der Waals surface area (Å²) in [4.78, 5) is 11.2. The summed E-state index contributed by atoms with van der Waals surface area (Å²) < 4.78 is 6.13. The smallest absolute Gasteiger partial charge is 0.169 e. The second-order valence-corrected chi connectivity index (χ2v) is 8.73. The van der Waals surface area contributed by atoms with Crippen LogP contribution in [0.5, 0.6) is 11.5 Å². The molecule has 0 N–H and O–H groups in total. The van der Waals surface area contributed by atoms with Gasteiger partial charge in [-0.1, -0.05) is 32.9 Å². The minimum absolute atomic E-state index is 0.107. The van der Waals surface area contributed by atoms with Gasteiger partial charge in [-0.15, -0.1) is 0 Å². The van der Waals surface area contributed by atoms with Crippen molar-refractivity contribution in [2.24, 2.45) is 0 Å². The SMILES string of the molecule is Cc1cc2c(cn1)Oc1cnc(C)cc1N2c1c(C)cc(C(C)(C)C)cc1C. The highest BCUT2D eigenvalue weighted by Crippen LogP contribution is 2.52. The normalized spacial score (nSPS) is 13.0. The molecular formula is C24H27N3O. The van der Waals surface area contributed by atoms with Crippen LogP contribution in [0.4, 0.5) is 17.1 Å². The Balaban J connectivity index is 2.00. The van der Waals surface area contributed by atoms with E-state index in [1.54, 1.807) is 12.4 Å². The number of aromatic nitrogens is 2. The predicted octanol–water partition coefficient (Wildman–Crippen LogP) is 6.58. The first-order valence-corrected chi connectivity index (χ1v) is 9.68. The highest BCUT2D eigenvalue weighted by molar-refractivity contribution is 5.88. The number of aryl methyl sites for hydroxylation is 4. The zero-order valence-electron chi connectivity index (χ0n) is 17.7. The quantitative estimate of drug-likeness (QED) is 0.377. The Bertz CT molecular complexity index is 1010. The molecule has 4 nitrogen and oxygen atoms in total. The average molecular weight is 374 g/mol. The lowest BCUT2D eigenvalue weighted by Gasteiger charge is -2.35. The molecule has 1 aliphatic rings. The maximum Gasteiger partial charge on any atom is 0.169 e. The Hall–Kier alpha value is -2.88. The summed E-state index contributed by atoms with van der Waals surface area (Å²) >= 11 is 0. The Morgan fingerprint density at radius 1 is 0.750 bits per heavy atom. The number of rotatable bonds is 1. The summed E-state index contributed by atoms with van der Waals surface area (Å²) in [5, 5.41) is 0. The maximum atomic E-state index is 6.13. The molecule has 1 aromatic carbocycles. The van der Waals surface area contributed by atoms with Crippen LogP contribution in [-0.2, 0) is 5.41 Å². The van der Waals surface area contributed by atoms with Gasteiger partial charge in [0.2, 0.25) is 0 Å². The molecule has 3 heterocycles. The number of pyridine rings is 2. The van der Waals surface area contributed by atoms with Crippen molar-refractivity contribution in [2.75, 3.05) is 4.90 Å². The average Bonchev–Trinajstić information content (AvgIpc) is 2.60. The molecule has 28 heavy (non-hydrogen) atoms. The fourth-order valence-electron chi connectivity index (χ4n) is 3.80. The minimum Gasteiger partial charge on any atom is -0.450 e. The topological polar surface area (TPSA) is 38.3 Å². The van der Waals surface area contributed by atoms with Crippen LogP contribution in [-0.4, -0.2) is 9.97 Å². The molecule has 0 saturated heterocycles. The van der Waals surface area contributed by atoms with E-state index in [0.717, 1.165) is 34.3 Å². The van der Waals surface area contributed by atoms with Crippen molar-refractivity contribution >= 4 is 17.1 Å². The van der Waals surface area contributed by atoms with Crippen molar-refractivity contribution in [1.82, 2.24) is 9.97 Å². The summed E-state index contributed by atoms with van der Waals surface area (Å²) in [5.74, 6) is 1.50. The van der Waals surface area contributed by atoms with E-state index in [9.17, 15) is 0 Å². The van der Waals surface area contributed by atoms with Crippen molar-refractivity contribution in [3.8, 4) is 11.5 Å². The molecule has 4 heteroatoms. The molecule has 1 aliphatic heterocycles. The van der Waals surface area contributed by atoms with Crippen LogP contribution in [0.3, 0.4) is 0 Å². The van der Waals surface area contributed by atoms with Gasteiger partial charge >= 0.3 is 0 Å². The zero-order chi connectivity index (χ0) is 20.2. The predicted molar refractivity (Wildman–Crippen MR) is 114 cm³/mol. The fraction of sp³-hybridized carbons (Fsp3) is 0.333. The number of hydrogen-bond donors (Lipinski definition) is 0. The van der Waals surface area contributed by atoms with Crippen molar-refractivity contribution < 1.29 is 4.74 Å². The fourth-order valence-corrected chi connectivity index (χ4v) is 3.80. The molecule has 2 aromatic heterocycles. The molecule has 0 unspecified atom stereocenters. The number of fused-ring (bicyclic) bond motifs is 2. The third-order valence-corrected chi connectivity index (χ3v) is 5.25. The largest absolute Gasteiger partial charge is 0.450 e. The molecular weight excluding hydrogens is 346 g/mol. The van der Waals surface area contributed by atoms with Crippen LogP contribution in [0, 0.1) is 27.7 Å². The van der Waals surface area contributed by atoms with Gasteiger partial charge in [-0.2, -0.15) is 0 Å². The number of nitrogens with zero attached hydrogens (tertiary/aromatic N) is 3. The lowest BCUT2D eigenvalue weighted by molar-refractivity contribution is 0.471. The molecule has 0 bridgehead atoms. The number of hydrogen-bond acceptors (Lipinski definition) is 4. The van der Waals surface area contributed by atoms with E-state index < -0.39 is 0 Å². The van der Waals surface area contributed by atoms with Gasteiger partial charge in [0.1, 0.15) is 0 Å². The monoisotopic (exact) mass is 373 g/mol. The van der Waals surface area contributed by atoms with E-state index in [1.807, 2.05) is 13.8 Å². The van der Waals surface area contributed by atoms with Crippen LogP contribution in [0.2, 0.25) is 0 Å². The van der Waals surface area contributed by atoms with E-state index in [0.29, 0.717) is 0 Å². The van der Waals surface area contributed by atoms with Gasteiger partial charge in [0, 0.05) is 11.4 Å². The van der Waals surface area contributed by atoms with Crippen molar-refractivity contribution in [3.63, 3.8) is 0 Å². The number of benzene rings is 1. The molecule has 0 radical (unpaired) electrons. The second-order valence-electron chi connectivity index (χ2n) is 8.73. The molecule has 0 spiro atoms. The second kappa shape index (κ2) is 6.33. The standard InChI is InChI=1S/C24H27N3O/c1-14-8-18(24(5,6)7)9-15(2)23(14)27-19-10-16(3)25-12-21(19)28-22-13-26-17(4)11-20(22)27/h8-13H,1-7H3. The molecule has 0 amide bonds. The van der Waals surface area contributed by atoms with Gasteiger partial charge < -0.3 is 9.64 Å². The van der Waals surface area contributed by atoms with Crippen molar-refractivity contribution in [2.45, 2.75) is 53.9 Å². The van der Waals surface area contributed by atoms with Crippen LogP contribution in [0.15, 0.2) is 36.7 Å². The van der Waals surface area contributed by atoms with E-state index in [4.69, 9.17) is 4.74 Å². The van der Waals surface area contributed by atoms with Gasteiger partial charge in [0.25, 0.3) is 0 Å². The maximum absolute atomic E-state index is 6.13. The molecule has 144 valence electrons. The molecule has 3 aromatic rings. The van der Waals surface area contributed by atoms with Gasteiger partial charge in [0.15, 0.2) is 11.5 Å². The molecule has 4 rings (SSSR count). The van der Waals surface area contributed by atoms with Crippen molar-refractivity contribution in [1.29, 1.82) is 0 Å². The number of anilines is 3. The summed E-state index contributed by atoms with van der Waals surface area (Å²) in [6, 6.07) is 8.79. The highest BCUT2D eigenvalue weighted by Gasteiger charge is 2.29. The van der Waals surface area contributed by atoms with E-state index in [1.165, 1.54) is 22.4 Å². The van der Waals surface area contributed by atoms with Crippen LogP contribution in [0.1, 0.15) is 48.8 Å². The molecule has 0 fully saturated rings. The van der Waals surface area contributed by atoms with Gasteiger partial charge in [-0.3, -0.25) is 9.97 Å². The van der Waals surface area contributed by atoms with Gasteiger partial charge in [0.05, 0.1) is 29.5 Å². The Morgan fingerprint density at radius 3 is 1.64 bits per heavy atom. The zero-order valence-corrected chi connectivity index (χ0v) is 17.7. The number of ether oxygens (including phenoxy) is 1. The van der Waals surface area contributed by atoms with Crippen LogP contribution in [0.25, 0.3) is 0 Å². The van der Waals surface area contributed by atoms with Gasteiger partial charge in [-0.05, 0) is 61.9 Å². The third kappa shape index (κ3) is 3.03. The first-order chi connectivity index (χ1) is 13.1. The Kier molecular flexibility index (Phi) is 4.18. The Morgan fingerprint density at radius 2 is 1.21 bits per heavy atom.